The van der Waals surface area contributed by atoms with E-state index in [1.807, 2.05) is 23.7 Å². The van der Waals surface area contributed by atoms with E-state index in [4.69, 9.17) is 5.11 Å². The maximum Gasteiger partial charge on any atom is 0.149 e. The van der Waals surface area contributed by atoms with Crippen molar-refractivity contribution in [3.63, 3.8) is 0 Å². The minimum Gasteiger partial charge on any atom is -0.392 e. The average molecular weight is 272 g/mol. The third-order valence-corrected chi connectivity index (χ3v) is 4.00. The standard InChI is InChI=1S/C15H20N4O/c1-18-11-16-17-15(18)14-3-2-8-19(14)9-12-4-6-13(10-20)7-5-12/h4-7,11,14,20H,2-3,8-10H2,1H3. The van der Waals surface area contributed by atoms with Crippen molar-refractivity contribution < 1.29 is 5.11 Å². The summed E-state index contributed by atoms with van der Waals surface area (Å²) in [5.41, 5.74) is 2.23. The zero-order valence-corrected chi connectivity index (χ0v) is 11.7. The molecule has 5 heteroatoms. The molecular weight excluding hydrogens is 252 g/mol. The first-order valence-corrected chi connectivity index (χ1v) is 7.04. The Labute approximate surface area is 118 Å². The Kier molecular flexibility index (Phi) is 3.80. The van der Waals surface area contributed by atoms with Gasteiger partial charge < -0.3 is 9.67 Å². The van der Waals surface area contributed by atoms with Gasteiger partial charge in [-0.1, -0.05) is 24.3 Å². The Bertz CT molecular complexity index is 564. The predicted octanol–water partition coefficient (Wildman–Crippen LogP) is 1.64. The van der Waals surface area contributed by atoms with Gasteiger partial charge in [0.05, 0.1) is 12.6 Å². The molecule has 1 N–H and O–H groups in total. The lowest BCUT2D eigenvalue weighted by molar-refractivity contribution is 0.236. The van der Waals surface area contributed by atoms with Gasteiger partial charge >= 0.3 is 0 Å². The SMILES string of the molecule is Cn1cnnc1C1CCCN1Cc1ccc(CO)cc1. The highest BCUT2D eigenvalue weighted by atomic mass is 16.3. The van der Waals surface area contributed by atoms with Crippen LogP contribution in [-0.4, -0.2) is 31.3 Å². The summed E-state index contributed by atoms with van der Waals surface area (Å²) < 4.78 is 2.01. The minimum atomic E-state index is 0.103. The summed E-state index contributed by atoms with van der Waals surface area (Å²) in [6.07, 6.45) is 4.11. The average Bonchev–Trinajstić information content (AvgIpc) is 3.08. The first-order chi connectivity index (χ1) is 9.78. The van der Waals surface area contributed by atoms with E-state index in [1.54, 1.807) is 6.33 Å². The topological polar surface area (TPSA) is 54.2 Å². The quantitative estimate of drug-likeness (QED) is 0.919. The second-order valence-corrected chi connectivity index (χ2v) is 5.40. The van der Waals surface area contributed by atoms with E-state index in [-0.39, 0.29) is 6.61 Å². The van der Waals surface area contributed by atoms with Gasteiger partial charge in [0.2, 0.25) is 0 Å². The van der Waals surface area contributed by atoms with Gasteiger partial charge in [-0.15, -0.1) is 10.2 Å². The van der Waals surface area contributed by atoms with Gasteiger partial charge in [-0.25, -0.2) is 0 Å². The number of nitrogens with zero attached hydrogens (tertiary/aromatic N) is 4. The molecule has 1 aromatic heterocycles. The molecule has 1 unspecified atom stereocenters. The van der Waals surface area contributed by atoms with Crippen LogP contribution in [0.2, 0.25) is 0 Å². The minimum absolute atomic E-state index is 0.103. The lowest BCUT2D eigenvalue weighted by Gasteiger charge is -2.23. The van der Waals surface area contributed by atoms with Crippen LogP contribution in [0.3, 0.4) is 0 Å². The van der Waals surface area contributed by atoms with Gasteiger partial charge in [0.25, 0.3) is 0 Å². The lowest BCUT2D eigenvalue weighted by Crippen LogP contribution is -2.24. The molecule has 0 amide bonds. The van der Waals surface area contributed by atoms with E-state index in [0.717, 1.165) is 30.9 Å². The number of aryl methyl sites for hydroxylation is 1. The first kappa shape index (κ1) is 13.3. The summed E-state index contributed by atoms with van der Waals surface area (Å²) in [5, 5.41) is 17.3. The number of aromatic nitrogens is 3. The molecule has 1 atom stereocenters. The van der Waals surface area contributed by atoms with E-state index in [0.29, 0.717) is 6.04 Å². The van der Waals surface area contributed by atoms with Crippen molar-refractivity contribution in [1.29, 1.82) is 0 Å². The van der Waals surface area contributed by atoms with E-state index in [9.17, 15) is 0 Å². The van der Waals surface area contributed by atoms with Crippen molar-refractivity contribution >= 4 is 0 Å². The maximum atomic E-state index is 9.08. The van der Waals surface area contributed by atoms with Crippen LogP contribution in [0.4, 0.5) is 0 Å². The summed E-state index contributed by atoms with van der Waals surface area (Å²) in [5.74, 6) is 1.05. The van der Waals surface area contributed by atoms with Crippen molar-refractivity contribution in [2.24, 2.45) is 7.05 Å². The van der Waals surface area contributed by atoms with Crippen molar-refractivity contribution in [3.05, 3.63) is 47.5 Å². The van der Waals surface area contributed by atoms with Crippen LogP contribution < -0.4 is 0 Å². The molecule has 5 nitrogen and oxygen atoms in total. The first-order valence-electron chi connectivity index (χ1n) is 7.04. The highest BCUT2D eigenvalue weighted by Crippen LogP contribution is 2.31. The normalized spacial score (nSPS) is 19.6. The molecule has 1 aromatic carbocycles. The van der Waals surface area contributed by atoms with E-state index in [2.05, 4.69) is 27.2 Å². The van der Waals surface area contributed by atoms with Crippen LogP contribution in [0.15, 0.2) is 30.6 Å². The van der Waals surface area contributed by atoms with Gasteiger partial charge in [-0.3, -0.25) is 4.90 Å². The molecule has 1 aliphatic rings. The summed E-state index contributed by atoms with van der Waals surface area (Å²) in [4.78, 5) is 2.46. The molecule has 0 aliphatic carbocycles. The van der Waals surface area contributed by atoms with E-state index >= 15 is 0 Å². The van der Waals surface area contributed by atoms with Crippen molar-refractivity contribution in [2.75, 3.05) is 6.54 Å². The molecule has 0 radical (unpaired) electrons. The van der Waals surface area contributed by atoms with Gasteiger partial charge in [-0.2, -0.15) is 0 Å². The second-order valence-electron chi connectivity index (χ2n) is 5.40. The monoisotopic (exact) mass is 272 g/mol. The van der Waals surface area contributed by atoms with Gasteiger partial charge in [0.1, 0.15) is 12.2 Å². The maximum absolute atomic E-state index is 9.08. The fourth-order valence-corrected chi connectivity index (χ4v) is 2.89. The summed E-state index contributed by atoms with van der Waals surface area (Å²) in [6, 6.07) is 8.53. The van der Waals surface area contributed by atoms with E-state index in [1.165, 1.54) is 12.0 Å². The van der Waals surface area contributed by atoms with Crippen LogP contribution in [0, 0.1) is 0 Å². The molecule has 106 valence electrons. The van der Waals surface area contributed by atoms with E-state index < -0.39 is 0 Å². The Hall–Kier alpha value is -1.72. The fraction of sp³-hybridized carbons (Fsp3) is 0.467. The number of aliphatic hydroxyl groups excluding tert-OH is 1. The second kappa shape index (κ2) is 5.73. The number of hydrogen-bond acceptors (Lipinski definition) is 4. The third kappa shape index (κ3) is 2.59. The molecule has 20 heavy (non-hydrogen) atoms. The number of likely N-dealkylation sites (tertiary alicyclic amines) is 1. The summed E-state index contributed by atoms with van der Waals surface area (Å²) >= 11 is 0. The summed E-state index contributed by atoms with van der Waals surface area (Å²) in [7, 11) is 2.00. The molecule has 1 fully saturated rings. The molecule has 1 aliphatic heterocycles. The van der Waals surface area contributed by atoms with Crippen molar-refractivity contribution in [1.82, 2.24) is 19.7 Å². The molecule has 1 saturated heterocycles. The third-order valence-electron chi connectivity index (χ3n) is 4.00. The number of aliphatic hydroxyl groups is 1. The predicted molar refractivity (Wildman–Crippen MR) is 75.8 cm³/mol. The Morgan fingerprint density at radius 3 is 2.65 bits per heavy atom. The Morgan fingerprint density at radius 2 is 2.00 bits per heavy atom. The van der Waals surface area contributed by atoms with Gasteiger partial charge in [0, 0.05) is 13.6 Å². The molecular formula is C15H20N4O. The lowest BCUT2D eigenvalue weighted by atomic mass is 10.1. The molecule has 3 rings (SSSR count). The largest absolute Gasteiger partial charge is 0.392 e. The zero-order valence-electron chi connectivity index (χ0n) is 11.7. The van der Waals surface area contributed by atoms with Crippen molar-refractivity contribution in [3.8, 4) is 0 Å². The summed E-state index contributed by atoms with van der Waals surface area (Å²) in [6.45, 7) is 2.12. The molecule has 0 spiro atoms. The number of hydrogen-bond donors (Lipinski definition) is 1. The Morgan fingerprint density at radius 1 is 1.25 bits per heavy atom. The molecule has 0 bridgehead atoms. The smallest absolute Gasteiger partial charge is 0.149 e. The van der Waals surface area contributed by atoms with Crippen LogP contribution in [0.25, 0.3) is 0 Å². The number of benzene rings is 1. The fourth-order valence-electron chi connectivity index (χ4n) is 2.89. The van der Waals surface area contributed by atoms with Gasteiger partial charge in [-0.05, 0) is 30.5 Å². The van der Waals surface area contributed by atoms with Gasteiger partial charge in [0.15, 0.2) is 0 Å². The Balaban J connectivity index is 1.74. The van der Waals surface area contributed by atoms with Crippen LogP contribution in [0.5, 0.6) is 0 Å². The van der Waals surface area contributed by atoms with Crippen LogP contribution >= 0.6 is 0 Å². The highest BCUT2D eigenvalue weighted by Gasteiger charge is 2.29. The van der Waals surface area contributed by atoms with Crippen LogP contribution in [-0.2, 0) is 20.2 Å². The van der Waals surface area contributed by atoms with Crippen molar-refractivity contribution in [2.45, 2.75) is 32.0 Å². The molecule has 0 saturated carbocycles. The molecule has 2 aromatic rings. The number of rotatable bonds is 4. The molecule has 2 heterocycles. The van der Waals surface area contributed by atoms with Crippen LogP contribution in [0.1, 0.15) is 35.8 Å². The highest BCUT2D eigenvalue weighted by molar-refractivity contribution is 5.22. The zero-order chi connectivity index (χ0) is 13.9.